The lowest BCUT2D eigenvalue weighted by atomic mass is 10.2. The van der Waals surface area contributed by atoms with E-state index in [4.69, 9.17) is 11.6 Å². The molecule has 0 unspecified atom stereocenters. The van der Waals surface area contributed by atoms with Crippen molar-refractivity contribution in [2.75, 3.05) is 26.2 Å². The second-order valence-corrected chi connectivity index (χ2v) is 5.53. The molecule has 110 valence electrons. The summed E-state index contributed by atoms with van der Waals surface area (Å²) in [6, 6.07) is 7.39. The third kappa shape index (κ3) is 2.94. The standard InChI is InChI=1S/C15H17ClN4O/c1-11-14(15(21)19-8-6-17-7-9-19)10-20(18-11)13-4-2-12(16)3-5-13/h2-5,10,17H,6-9H2,1H3. The van der Waals surface area contributed by atoms with Crippen LogP contribution in [0.25, 0.3) is 5.69 Å². The van der Waals surface area contributed by atoms with Gasteiger partial charge in [0.1, 0.15) is 0 Å². The number of hydrogen-bond acceptors (Lipinski definition) is 3. The number of rotatable bonds is 2. The first-order chi connectivity index (χ1) is 10.1. The average Bonchev–Trinajstić information content (AvgIpc) is 2.90. The first kappa shape index (κ1) is 14.1. The maximum atomic E-state index is 12.5. The summed E-state index contributed by atoms with van der Waals surface area (Å²) in [6.45, 7) is 5.03. The maximum absolute atomic E-state index is 12.5. The van der Waals surface area contributed by atoms with Crippen molar-refractivity contribution in [1.82, 2.24) is 20.0 Å². The van der Waals surface area contributed by atoms with Crippen molar-refractivity contribution in [3.05, 3.63) is 46.7 Å². The average molecular weight is 305 g/mol. The van der Waals surface area contributed by atoms with Crippen LogP contribution in [0, 0.1) is 6.92 Å². The minimum Gasteiger partial charge on any atom is -0.336 e. The van der Waals surface area contributed by atoms with Gasteiger partial charge in [-0.2, -0.15) is 5.10 Å². The van der Waals surface area contributed by atoms with Gasteiger partial charge in [-0.05, 0) is 31.2 Å². The molecule has 1 aliphatic rings. The van der Waals surface area contributed by atoms with Crippen LogP contribution in [0.5, 0.6) is 0 Å². The molecule has 0 aliphatic carbocycles. The van der Waals surface area contributed by atoms with Gasteiger partial charge in [0.2, 0.25) is 0 Å². The van der Waals surface area contributed by atoms with Gasteiger partial charge in [0.15, 0.2) is 0 Å². The summed E-state index contributed by atoms with van der Waals surface area (Å²) in [5.41, 5.74) is 2.29. The topological polar surface area (TPSA) is 50.2 Å². The van der Waals surface area contributed by atoms with E-state index in [1.807, 2.05) is 36.1 Å². The highest BCUT2D eigenvalue weighted by atomic mass is 35.5. The van der Waals surface area contributed by atoms with E-state index in [2.05, 4.69) is 10.4 Å². The van der Waals surface area contributed by atoms with E-state index in [0.717, 1.165) is 37.6 Å². The van der Waals surface area contributed by atoms with Crippen LogP contribution in [0.2, 0.25) is 5.02 Å². The lowest BCUT2D eigenvalue weighted by molar-refractivity contribution is 0.0735. The zero-order chi connectivity index (χ0) is 14.8. The summed E-state index contributed by atoms with van der Waals surface area (Å²) in [5, 5.41) is 8.36. The number of halogens is 1. The Morgan fingerprint density at radius 3 is 2.57 bits per heavy atom. The summed E-state index contributed by atoms with van der Waals surface area (Å²) in [6.07, 6.45) is 1.79. The van der Waals surface area contributed by atoms with Crippen molar-refractivity contribution in [2.45, 2.75) is 6.92 Å². The van der Waals surface area contributed by atoms with Gasteiger partial charge in [-0.25, -0.2) is 4.68 Å². The fourth-order valence-electron chi connectivity index (χ4n) is 2.43. The second-order valence-electron chi connectivity index (χ2n) is 5.09. The molecule has 0 spiro atoms. The monoisotopic (exact) mass is 304 g/mol. The molecule has 3 rings (SSSR count). The normalized spacial score (nSPS) is 15.2. The number of nitrogens with zero attached hydrogens (tertiary/aromatic N) is 3. The van der Waals surface area contributed by atoms with Crippen molar-refractivity contribution in [1.29, 1.82) is 0 Å². The number of aromatic nitrogens is 2. The van der Waals surface area contributed by atoms with Crippen LogP contribution in [0.15, 0.2) is 30.5 Å². The zero-order valence-electron chi connectivity index (χ0n) is 11.8. The predicted molar refractivity (Wildman–Crippen MR) is 82.1 cm³/mol. The Morgan fingerprint density at radius 2 is 1.90 bits per heavy atom. The fourth-order valence-corrected chi connectivity index (χ4v) is 2.56. The van der Waals surface area contributed by atoms with Gasteiger partial charge in [0, 0.05) is 37.4 Å². The fraction of sp³-hybridized carbons (Fsp3) is 0.333. The minimum absolute atomic E-state index is 0.0502. The first-order valence-corrected chi connectivity index (χ1v) is 7.35. The zero-order valence-corrected chi connectivity index (χ0v) is 12.6. The van der Waals surface area contributed by atoms with Gasteiger partial charge in [-0.15, -0.1) is 0 Å². The molecule has 1 aromatic carbocycles. The third-order valence-electron chi connectivity index (χ3n) is 3.62. The number of piperazine rings is 1. The smallest absolute Gasteiger partial charge is 0.257 e. The quantitative estimate of drug-likeness (QED) is 0.921. The highest BCUT2D eigenvalue weighted by molar-refractivity contribution is 6.30. The van der Waals surface area contributed by atoms with Crippen molar-refractivity contribution >= 4 is 17.5 Å². The molecule has 0 saturated carbocycles. The molecule has 1 N–H and O–H groups in total. The molecule has 0 bridgehead atoms. The number of carbonyl (C=O) groups is 1. The molecular formula is C15H17ClN4O. The van der Waals surface area contributed by atoms with Crippen LogP contribution < -0.4 is 5.32 Å². The van der Waals surface area contributed by atoms with Crippen LogP contribution >= 0.6 is 11.6 Å². The van der Waals surface area contributed by atoms with Gasteiger partial charge < -0.3 is 10.2 Å². The molecule has 1 aromatic heterocycles. The SMILES string of the molecule is Cc1nn(-c2ccc(Cl)cc2)cc1C(=O)N1CCNCC1. The number of benzene rings is 1. The third-order valence-corrected chi connectivity index (χ3v) is 3.88. The van der Waals surface area contributed by atoms with Crippen LogP contribution in [-0.4, -0.2) is 46.8 Å². The molecule has 0 atom stereocenters. The van der Waals surface area contributed by atoms with E-state index in [0.29, 0.717) is 10.6 Å². The van der Waals surface area contributed by atoms with E-state index >= 15 is 0 Å². The summed E-state index contributed by atoms with van der Waals surface area (Å²) >= 11 is 5.89. The number of amides is 1. The largest absolute Gasteiger partial charge is 0.336 e. The minimum atomic E-state index is 0.0502. The molecule has 1 amide bonds. The summed E-state index contributed by atoms with van der Waals surface area (Å²) in [5.74, 6) is 0.0502. The predicted octanol–water partition coefficient (Wildman–Crippen LogP) is 1.88. The van der Waals surface area contributed by atoms with Crippen LogP contribution in [0.1, 0.15) is 16.1 Å². The van der Waals surface area contributed by atoms with Crippen molar-refractivity contribution in [3.63, 3.8) is 0 Å². The maximum Gasteiger partial charge on any atom is 0.257 e. The van der Waals surface area contributed by atoms with Gasteiger partial charge in [0.05, 0.1) is 16.9 Å². The van der Waals surface area contributed by atoms with E-state index in [1.54, 1.807) is 10.9 Å². The highest BCUT2D eigenvalue weighted by Gasteiger charge is 2.21. The Balaban J connectivity index is 1.87. The number of aryl methyl sites for hydroxylation is 1. The van der Waals surface area contributed by atoms with Gasteiger partial charge in [-0.1, -0.05) is 11.6 Å². The Bertz CT molecular complexity index is 644. The van der Waals surface area contributed by atoms with E-state index in [1.165, 1.54) is 0 Å². The lowest BCUT2D eigenvalue weighted by Gasteiger charge is -2.27. The molecule has 1 fully saturated rings. The van der Waals surface area contributed by atoms with E-state index in [9.17, 15) is 4.79 Å². The van der Waals surface area contributed by atoms with Crippen LogP contribution in [0.4, 0.5) is 0 Å². The molecule has 2 heterocycles. The first-order valence-electron chi connectivity index (χ1n) is 6.97. The highest BCUT2D eigenvalue weighted by Crippen LogP contribution is 2.16. The molecule has 1 saturated heterocycles. The van der Waals surface area contributed by atoms with E-state index in [-0.39, 0.29) is 5.91 Å². The Hall–Kier alpha value is -1.85. The van der Waals surface area contributed by atoms with Crippen molar-refractivity contribution < 1.29 is 4.79 Å². The Morgan fingerprint density at radius 1 is 1.24 bits per heavy atom. The van der Waals surface area contributed by atoms with Gasteiger partial charge in [-0.3, -0.25) is 4.79 Å². The molecule has 21 heavy (non-hydrogen) atoms. The number of nitrogens with one attached hydrogen (secondary N) is 1. The molecule has 6 heteroatoms. The van der Waals surface area contributed by atoms with Gasteiger partial charge >= 0.3 is 0 Å². The molecule has 2 aromatic rings. The van der Waals surface area contributed by atoms with Crippen molar-refractivity contribution in [2.24, 2.45) is 0 Å². The van der Waals surface area contributed by atoms with Gasteiger partial charge in [0.25, 0.3) is 5.91 Å². The molecule has 5 nitrogen and oxygen atoms in total. The number of carbonyl (C=O) groups excluding carboxylic acids is 1. The molecular weight excluding hydrogens is 288 g/mol. The summed E-state index contributed by atoms with van der Waals surface area (Å²) in [7, 11) is 0. The van der Waals surface area contributed by atoms with Crippen LogP contribution in [0.3, 0.4) is 0 Å². The second kappa shape index (κ2) is 5.87. The summed E-state index contributed by atoms with van der Waals surface area (Å²) in [4.78, 5) is 14.4. The molecule has 0 radical (unpaired) electrons. The van der Waals surface area contributed by atoms with Crippen molar-refractivity contribution in [3.8, 4) is 5.69 Å². The number of hydrogen-bond donors (Lipinski definition) is 1. The Kier molecular flexibility index (Phi) is 3.94. The van der Waals surface area contributed by atoms with E-state index < -0.39 is 0 Å². The summed E-state index contributed by atoms with van der Waals surface area (Å²) < 4.78 is 1.72. The molecule has 1 aliphatic heterocycles. The lowest BCUT2D eigenvalue weighted by Crippen LogP contribution is -2.46. The van der Waals surface area contributed by atoms with Crippen LogP contribution in [-0.2, 0) is 0 Å². The Labute approximate surface area is 128 Å².